The summed E-state index contributed by atoms with van der Waals surface area (Å²) >= 11 is 2.77. The lowest BCUT2D eigenvalue weighted by Crippen LogP contribution is -2.19. The molecule has 1 aromatic rings. The molecule has 1 atom stereocenters. The van der Waals surface area contributed by atoms with E-state index in [2.05, 4.69) is 22.5 Å². The van der Waals surface area contributed by atoms with E-state index in [0.717, 1.165) is 6.07 Å². The summed E-state index contributed by atoms with van der Waals surface area (Å²) in [5, 5.41) is 9.43. The number of aromatic hydroxyl groups is 1. The Hall–Kier alpha value is -1.04. The Morgan fingerprint density at radius 2 is 1.94 bits per heavy atom. The monoisotopic (exact) mass is 298 g/mol. The lowest BCUT2D eigenvalue weighted by atomic mass is 9.97. The smallest absolute Gasteiger partial charge is 0.399 e. The Bertz CT molecular complexity index is 414. The number of allylic oxidation sites excluding steroid dienone is 1. The molecule has 0 saturated heterocycles. The Kier molecular flexibility index (Phi) is 3.62. The predicted octanol–water partition coefficient (Wildman–Crippen LogP) is 4.13. The van der Waals surface area contributed by atoms with Gasteiger partial charge in [0, 0.05) is 5.56 Å². The highest BCUT2D eigenvalue weighted by atomic mass is 79.9. The van der Waals surface area contributed by atoms with Crippen LogP contribution >= 0.6 is 15.9 Å². The zero-order valence-electron chi connectivity index (χ0n) is 7.85. The zero-order chi connectivity index (χ0) is 12.5. The van der Waals surface area contributed by atoms with Crippen molar-refractivity contribution >= 4 is 15.9 Å². The van der Waals surface area contributed by atoms with Gasteiger partial charge in [-0.05, 0) is 28.1 Å². The number of hydrogen-bond acceptors (Lipinski definition) is 1. The molecule has 0 amide bonds. The first kappa shape index (κ1) is 13.0. The van der Waals surface area contributed by atoms with Crippen LogP contribution in [0.25, 0.3) is 0 Å². The number of phenols is 1. The van der Waals surface area contributed by atoms with Crippen LogP contribution in [0.5, 0.6) is 5.75 Å². The van der Waals surface area contributed by atoms with Crippen molar-refractivity contribution in [2.24, 2.45) is 0 Å². The highest BCUT2D eigenvalue weighted by Crippen LogP contribution is 2.42. The van der Waals surface area contributed by atoms with E-state index in [-0.39, 0.29) is 4.47 Å². The van der Waals surface area contributed by atoms with Gasteiger partial charge in [-0.25, -0.2) is 4.39 Å². The molecule has 0 fully saturated rings. The normalized spacial score (nSPS) is 13.6. The van der Waals surface area contributed by atoms with Gasteiger partial charge >= 0.3 is 6.18 Å². The SMILES string of the molecule is C=CC(c1cc(F)cc(Br)c1O)C(F)(F)F. The van der Waals surface area contributed by atoms with Gasteiger partial charge in [0.1, 0.15) is 17.5 Å². The highest BCUT2D eigenvalue weighted by Gasteiger charge is 2.40. The molecule has 0 radical (unpaired) electrons. The second kappa shape index (κ2) is 4.45. The van der Waals surface area contributed by atoms with Crippen LogP contribution in [0, 0.1) is 5.82 Å². The fourth-order valence-electron chi connectivity index (χ4n) is 1.26. The third-order valence-electron chi connectivity index (χ3n) is 1.98. The van der Waals surface area contributed by atoms with Gasteiger partial charge in [0.05, 0.1) is 4.47 Å². The summed E-state index contributed by atoms with van der Waals surface area (Å²) in [4.78, 5) is 0. The Morgan fingerprint density at radius 1 is 1.38 bits per heavy atom. The van der Waals surface area contributed by atoms with Crippen molar-refractivity contribution in [1.82, 2.24) is 0 Å². The predicted molar refractivity (Wildman–Crippen MR) is 54.8 cm³/mol. The van der Waals surface area contributed by atoms with E-state index in [1.807, 2.05) is 0 Å². The van der Waals surface area contributed by atoms with E-state index < -0.39 is 29.2 Å². The molecule has 0 saturated carbocycles. The van der Waals surface area contributed by atoms with Crippen LogP contribution in [-0.4, -0.2) is 11.3 Å². The largest absolute Gasteiger partial charge is 0.506 e. The molecule has 1 aromatic carbocycles. The summed E-state index contributed by atoms with van der Waals surface area (Å²) in [7, 11) is 0. The summed E-state index contributed by atoms with van der Waals surface area (Å²) in [6, 6.07) is 1.52. The molecule has 0 aliphatic rings. The molecule has 0 aliphatic carbocycles. The molecule has 1 rings (SSSR count). The van der Waals surface area contributed by atoms with Gasteiger partial charge in [0.15, 0.2) is 0 Å². The maximum Gasteiger partial charge on any atom is 0.399 e. The molecular weight excluding hydrogens is 292 g/mol. The lowest BCUT2D eigenvalue weighted by Gasteiger charge is -2.18. The fraction of sp³-hybridized carbons (Fsp3) is 0.200. The molecule has 1 unspecified atom stereocenters. The molecule has 16 heavy (non-hydrogen) atoms. The minimum Gasteiger partial charge on any atom is -0.506 e. The first-order valence-electron chi connectivity index (χ1n) is 4.14. The average Bonchev–Trinajstić information content (AvgIpc) is 2.11. The summed E-state index contributed by atoms with van der Waals surface area (Å²) in [6.45, 7) is 3.04. The zero-order valence-corrected chi connectivity index (χ0v) is 9.44. The third kappa shape index (κ3) is 2.55. The number of benzene rings is 1. The average molecular weight is 299 g/mol. The molecule has 1 nitrogen and oxygen atoms in total. The van der Waals surface area contributed by atoms with Gasteiger partial charge in [-0.1, -0.05) is 6.08 Å². The van der Waals surface area contributed by atoms with Gasteiger partial charge < -0.3 is 5.11 Å². The van der Waals surface area contributed by atoms with E-state index in [1.54, 1.807) is 0 Å². The molecule has 0 heterocycles. The van der Waals surface area contributed by atoms with Crippen molar-refractivity contribution < 1.29 is 22.7 Å². The highest BCUT2D eigenvalue weighted by molar-refractivity contribution is 9.10. The maximum absolute atomic E-state index is 13.0. The summed E-state index contributed by atoms with van der Waals surface area (Å²) < 4.78 is 50.4. The number of phenolic OH excluding ortho intramolecular Hbond substituents is 1. The van der Waals surface area contributed by atoms with Crippen molar-refractivity contribution in [2.45, 2.75) is 12.1 Å². The van der Waals surface area contributed by atoms with Crippen molar-refractivity contribution in [3.05, 3.63) is 40.6 Å². The van der Waals surface area contributed by atoms with Crippen LogP contribution in [0.1, 0.15) is 11.5 Å². The molecular formula is C10H7BrF4O. The van der Waals surface area contributed by atoms with Crippen LogP contribution in [0.3, 0.4) is 0 Å². The molecule has 0 aliphatic heterocycles. The van der Waals surface area contributed by atoms with Crippen LogP contribution in [0.4, 0.5) is 17.6 Å². The minimum absolute atomic E-state index is 0.126. The third-order valence-corrected chi connectivity index (χ3v) is 2.59. The van der Waals surface area contributed by atoms with Crippen LogP contribution in [0.15, 0.2) is 29.3 Å². The summed E-state index contributed by atoms with van der Waals surface area (Å²) in [5.41, 5.74) is -0.561. The molecule has 0 bridgehead atoms. The lowest BCUT2D eigenvalue weighted by molar-refractivity contribution is -0.139. The topological polar surface area (TPSA) is 20.2 Å². The standard InChI is InChI=1S/C10H7BrF4O/c1-2-7(10(13,14)15)6-3-5(12)4-8(11)9(6)16/h2-4,7,16H,1H2. The first-order valence-corrected chi connectivity index (χ1v) is 4.94. The maximum atomic E-state index is 13.0. The van der Waals surface area contributed by atoms with E-state index in [4.69, 9.17) is 0 Å². The van der Waals surface area contributed by atoms with E-state index in [9.17, 15) is 22.7 Å². The van der Waals surface area contributed by atoms with Gasteiger partial charge in [0.2, 0.25) is 0 Å². The second-order valence-electron chi connectivity index (χ2n) is 3.08. The molecule has 1 N–H and O–H groups in total. The van der Waals surface area contributed by atoms with Crippen molar-refractivity contribution in [3.8, 4) is 5.75 Å². The number of alkyl halides is 3. The molecule has 0 spiro atoms. The minimum atomic E-state index is -4.62. The van der Waals surface area contributed by atoms with Crippen molar-refractivity contribution in [1.29, 1.82) is 0 Å². The van der Waals surface area contributed by atoms with E-state index >= 15 is 0 Å². The van der Waals surface area contributed by atoms with Gasteiger partial charge in [-0.15, -0.1) is 6.58 Å². The number of rotatable bonds is 2. The summed E-state index contributed by atoms with van der Waals surface area (Å²) in [5.74, 6) is -3.60. The van der Waals surface area contributed by atoms with E-state index in [0.29, 0.717) is 12.1 Å². The van der Waals surface area contributed by atoms with Gasteiger partial charge in [0.25, 0.3) is 0 Å². The van der Waals surface area contributed by atoms with Gasteiger partial charge in [-0.3, -0.25) is 0 Å². The van der Waals surface area contributed by atoms with E-state index in [1.165, 1.54) is 0 Å². The summed E-state index contributed by atoms with van der Waals surface area (Å²) in [6.07, 6.45) is -4.01. The Balaban J connectivity index is 3.36. The van der Waals surface area contributed by atoms with Crippen molar-refractivity contribution in [2.75, 3.05) is 0 Å². The quantitative estimate of drug-likeness (QED) is 0.643. The number of hydrogen-bond donors (Lipinski definition) is 1. The van der Waals surface area contributed by atoms with Crippen LogP contribution in [-0.2, 0) is 0 Å². The second-order valence-corrected chi connectivity index (χ2v) is 3.93. The van der Waals surface area contributed by atoms with Crippen LogP contribution in [0.2, 0.25) is 0 Å². The molecule has 0 aromatic heterocycles. The fourth-order valence-corrected chi connectivity index (χ4v) is 1.71. The first-order chi connectivity index (χ1) is 7.27. The number of halogens is 5. The van der Waals surface area contributed by atoms with Gasteiger partial charge in [-0.2, -0.15) is 13.2 Å². The molecule has 88 valence electrons. The Morgan fingerprint density at radius 3 is 2.38 bits per heavy atom. The Labute approximate surface area is 97.5 Å². The molecule has 6 heteroatoms. The van der Waals surface area contributed by atoms with Crippen LogP contribution < -0.4 is 0 Å². The van der Waals surface area contributed by atoms with Crippen molar-refractivity contribution in [3.63, 3.8) is 0 Å².